The average molecular weight is 455 g/mol. The van der Waals surface area contributed by atoms with Crippen LogP contribution >= 0.6 is 11.6 Å². The molecule has 0 fully saturated rings. The Labute approximate surface area is 182 Å². The van der Waals surface area contributed by atoms with E-state index < -0.39 is 24.5 Å². The van der Waals surface area contributed by atoms with Gasteiger partial charge < -0.3 is 10.1 Å². The number of hydrogen-bond acceptors (Lipinski definition) is 4. The first kappa shape index (κ1) is 22.9. The summed E-state index contributed by atoms with van der Waals surface area (Å²) in [4.78, 5) is 15.8. The number of ether oxygens (including phenoxy) is 1. The predicted octanol–water partition coefficient (Wildman–Crippen LogP) is 4.42. The summed E-state index contributed by atoms with van der Waals surface area (Å²) in [7, 11) is 1.50. The highest BCUT2D eigenvalue weighted by atomic mass is 35.5. The van der Waals surface area contributed by atoms with E-state index in [-0.39, 0.29) is 17.1 Å². The van der Waals surface area contributed by atoms with Gasteiger partial charge in [0.2, 0.25) is 5.91 Å². The van der Waals surface area contributed by atoms with Crippen LogP contribution in [0.3, 0.4) is 0 Å². The van der Waals surface area contributed by atoms with Gasteiger partial charge in [0.1, 0.15) is 11.8 Å². The minimum absolute atomic E-state index is 0.0387. The number of allylic oxidation sites excluding steroid dienone is 4. The Hall–Kier alpha value is -2.81. The smallest absolute Gasteiger partial charge is 0.391 e. The summed E-state index contributed by atoms with van der Waals surface area (Å²) < 4.78 is 45.4. The molecule has 166 valence electrons. The maximum atomic E-state index is 13.4. The topological polar surface area (TPSA) is 75.1 Å². The van der Waals surface area contributed by atoms with Gasteiger partial charge in [-0.1, -0.05) is 25.2 Å². The molecule has 0 bridgehead atoms. The van der Waals surface area contributed by atoms with Gasteiger partial charge in [-0.3, -0.25) is 9.79 Å². The maximum absolute atomic E-state index is 13.4. The molecule has 0 radical (unpaired) electrons. The molecule has 1 aliphatic carbocycles. The summed E-state index contributed by atoms with van der Waals surface area (Å²) in [5.41, 5.74) is 4.24. The fraction of sp³-hybridized carbons (Fsp3) is 0.381. The molecule has 1 aromatic carbocycles. The summed E-state index contributed by atoms with van der Waals surface area (Å²) in [6, 6.07) is 3.65. The van der Waals surface area contributed by atoms with E-state index >= 15 is 0 Å². The third-order valence-corrected chi connectivity index (χ3v) is 5.32. The number of methoxy groups -OCH3 is 1. The van der Waals surface area contributed by atoms with Gasteiger partial charge in [0, 0.05) is 18.2 Å². The van der Waals surface area contributed by atoms with Crippen molar-refractivity contribution in [3.63, 3.8) is 0 Å². The van der Waals surface area contributed by atoms with Crippen molar-refractivity contribution >= 4 is 34.7 Å². The highest BCUT2D eigenvalue weighted by Crippen LogP contribution is 2.33. The van der Waals surface area contributed by atoms with E-state index in [4.69, 9.17) is 16.3 Å². The molecular weight excluding hydrogens is 433 g/mol. The Balaban J connectivity index is 2.20. The summed E-state index contributed by atoms with van der Waals surface area (Å²) in [5, 5.41) is 6.56. The van der Waals surface area contributed by atoms with Gasteiger partial charge in [-0.2, -0.15) is 18.3 Å². The molecule has 1 heterocycles. The summed E-state index contributed by atoms with van der Waals surface area (Å²) in [6.45, 7) is 3.13. The van der Waals surface area contributed by atoms with Crippen molar-refractivity contribution < 1.29 is 22.7 Å². The molecule has 1 aromatic rings. The number of anilines is 1. The van der Waals surface area contributed by atoms with Crippen molar-refractivity contribution in [1.29, 1.82) is 0 Å². The lowest BCUT2D eigenvalue weighted by Crippen LogP contribution is -2.33. The van der Waals surface area contributed by atoms with Crippen LogP contribution in [0.25, 0.3) is 0 Å². The molecule has 0 aromatic heterocycles. The first-order valence-electron chi connectivity index (χ1n) is 9.56. The average Bonchev–Trinajstić information content (AvgIpc) is 2.83. The Morgan fingerprint density at radius 1 is 1.39 bits per heavy atom. The van der Waals surface area contributed by atoms with Crippen molar-refractivity contribution in [2.24, 2.45) is 16.0 Å². The molecule has 1 aliphatic heterocycles. The van der Waals surface area contributed by atoms with Gasteiger partial charge in [0.15, 0.2) is 5.84 Å². The lowest BCUT2D eigenvalue weighted by atomic mass is 9.91. The Kier molecular flexibility index (Phi) is 6.74. The van der Waals surface area contributed by atoms with E-state index in [0.29, 0.717) is 28.3 Å². The van der Waals surface area contributed by atoms with E-state index in [0.717, 1.165) is 0 Å². The number of carbonyl (C=O) groups is 1. The van der Waals surface area contributed by atoms with Crippen LogP contribution in [0.5, 0.6) is 5.75 Å². The van der Waals surface area contributed by atoms with E-state index in [1.54, 1.807) is 30.4 Å². The quantitative estimate of drug-likeness (QED) is 0.522. The second kappa shape index (κ2) is 9.13. The number of hydrogen-bond donors (Lipinski definition) is 2. The summed E-state index contributed by atoms with van der Waals surface area (Å²) in [5.74, 6) is -0.143. The molecule has 1 amide bonds. The van der Waals surface area contributed by atoms with E-state index in [2.05, 4.69) is 20.8 Å². The zero-order chi connectivity index (χ0) is 22.8. The molecular formula is C21H22ClF3N4O2. The lowest BCUT2D eigenvalue weighted by molar-refractivity contribution is -0.134. The van der Waals surface area contributed by atoms with Crippen LogP contribution in [0, 0.1) is 5.92 Å². The monoisotopic (exact) mass is 454 g/mol. The largest absolute Gasteiger partial charge is 0.497 e. The van der Waals surface area contributed by atoms with Crippen LogP contribution in [0.15, 0.2) is 52.1 Å². The highest BCUT2D eigenvalue weighted by molar-refractivity contribution is 6.24. The lowest BCUT2D eigenvalue weighted by Gasteiger charge is -2.20. The zero-order valence-corrected chi connectivity index (χ0v) is 17.9. The SMILES string of the molecule is COc1ccc2c(c1)C(C1=CC(C)C(Cl)C=C1)=N[C@@H](CC(F)(F)F)/C(=N/NC(C)=O)N2. The molecule has 10 heteroatoms. The standard InChI is InChI=1S/C21H22ClF3N4O2/c1-11-8-13(4-6-16(11)22)19-15-9-14(31-3)5-7-17(15)27-20(29-28-12(2)30)18(26-19)10-21(23,24)25/h4-9,11,16,18H,10H2,1-3H3,(H,27,29)(H,28,30)/t11?,16?,18-/m0/s1. The van der Waals surface area contributed by atoms with Crippen LogP contribution in [0.1, 0.15) is 25.8 Å². The second-order valence-electron chi connectivity index (χ2n) is 7.30. The number of benzodiazepines with no additional fused rings is 1. The van der Waals surface area contributed by atoms with Crippen LogP contribution in [0.4, 0.5) is 18.9 Å². The van der Waals surface area contributed by atoms with Gasteiger partial charge in [-0.25, -0.2) is 5.43 Å². The molecule has 2 N–H and O–H groups in total. The Bertz CT molecular complexity index is 985. The van der Waals surface area contributed by atoms with Crippen molar-refractivity contribution in [2.75, 3.05) is 12.4 Å². The van der Waals surface area contributed by atoms with Crippen LogP contribution in [-0.4, -0.2) is 42.2 Å². The molecule has 6 nitrogen and oxygen atoms in total. The van der Waals surface area contributed by atoms with Gasteiger partial charge in [0.05, 0.1) is 24.6 Å². The number of nitrogens with one attached hydrogen (secondary N) is 2. The van der Waals surface area contributed by atoms with Gasteiger partial charge in [-0.15, -0.1) is 11.6 Å². The normalized spacial score (nSPS) is 24.5. The van der Waals surface area contributed by atoms with E-state index in [1.165, 1.54) is 14.0 Å². The van der Waals surface area contributed by atoms with Crippen LogP contribution < -0.4 is 15.5 Å². The van der Waals surface area contributed by atoms with Crippen LogP contribution in [0.2, 0.25) is 0 Å². The number of fused-ring (bicyclic) bond motifs is 1. The fourth-order valence-corrected chi connectivity index (χ4v) is 3.40. The highest BCUT2D eigenvalue weighted by Gasteiger charge is 2.37. The number of carbonyl (C=O) groups excluding carboxylic acids is 1. The molecule has 0 spiro atoms. The first-order chi connectivity index (χ1) is 14.6. The number of benzene rings is 1. The van der Waals surface area contributed by atoms with Gasteiger partial charge >= 0.3 is 6.18 Å². The molecule has 2 unspecified atom stereocenters. The molecule has 3 atom stereocenters. The van der Waals surface area contributed by atoms with E-state index in [9.17, 15) is 18.0 Å². The molecule has 0 saturated carbocycles. The molecule has 2 aliphatic rings. The maximum Gasteiger partial charge on any atom is 0.391 e. The Morgan fingerprint density at radius 3 is 2.74 bits per heavy atom. The number of hydrazone groups is 1. The van der Waals surface area contributed by atoms with Gasteiger partial charge in [-0.05, 0) is 29.7 Å². The minimum Gasteiger partial charge on any atom is -0.497 e. The second-order valence-corrected chi connectivity index (χ2v) is 7.80. The van der Waals surface area contributed by atoms with Gasteiger partial charge in [0.25, 0.3) is 0 Å². The zero-order valence-electron chi connectivity index (χ0n) is 17.1. The number of aliphatic imine (C=N–C) groups is 1. The van der Waals surface area contributed by atoms with Crippen molar-refractivity contribution in [1.82, 2.24) is 5.43 Å². The molecule has 0 saturated heterocycles. The van der Waals surface area contributed by atoms with Crippen molar-refractivity contribution in [2.45, 2.75) is 37.9 Å². The third kappa shape index (κ3) is 5.66. The number of nitrogens with zero attached hydrogens (tertiary/aromatic N) is 2. The number of halogens is 4. The van der Waals surface area contributed by atoms with E-state index in [1.807, 2.05) is 13.0 Å². The summed E-state index contributed by atoms with van der Waals surface area (Å²) >= 11 is 6.25. The third-order valence-electron chi connectivity index (χ3n) is 4.78. The fourth-order valence-electron chi connectivity index (χ4n) is 3.26. The van der Waals surface area contributed by atoms with Crippen LogP contribution in [-0.2, 0) is 4.79 Å². The minimum atomic E-state index is -4.50. The number of amidine groups is 1. The number of alkyl halides is 4. The predicted molar refractivity (Wildman–Crippen MR) is 115 cm³/mol. The Morgan fingerprint density at radius 2 is 2.13 bits per heavy atom. The molecule has 31 heavy (non-hydrogen) atoms. The van der Waals surface area contributed by atoms with Crippen molar-refractivity contribution in [3.05, 3.63) is 47.6 Å². The first-order valence-corrected chi connectivity index (χ1v) is 9.99. The number of amides is 1. The summed E-state index contributed by atoms with van der Waals surface area (Å²) in [6.07, 6.45) is -0.344. The molecule has 3 rings (SSSR count). The van der Waals surface area contributed by atoms with Crippen molar-refractivity contribution in [3.8, 4) is 5.75 Å². The number of rotatable bonds is 4.